The maximum Gasteiger partial charge on any atom is 0.186 e. The van der Waals surface area contributed by atoms with Gasteiger partial charge in [0, 0.05) is 5.69 Å². The molecule has 22 heavy (non-hydrogen) atoms. The van der Waals surface area contributed by atoms with Crippen molar-refractivity contribution in [2.45, 2.75) is 13.8 Å². The van der Waals surface area contributed by atoms with Crippen LogP contribution < -0.4 is 5.32 Å². The van der Waals surface area contributed by atoms with Crippen molar-refractivity contribution in [1.82, 2.24) is 0 Å². The molecule has 0 saturated heterocycles. The summed E-state index contributed by atoms with van der Waals surface area (Å²) >= 11 is 0. The van der Waals surface area contributed by atoms with Crippen molar-refractivity contribution in [3.8, 4) is 12.1 Å². The van der Waals surface area contributed by atoms with E-state index in [2.05, 4.69) is 5.32 Å². The van der Waals surface area contributed by atoms with E-state index in [1.54, 1.807) is 32.0 Å². The molecular weight excluding hydrogens is 291 g/mol. The fourth-order valence-corrected chi connectivity index (χ4v) is 2.12. The molecule has 3 nitrogen and oxygen atoms in total. The molecule has 110 valence electrons. The fraction of sp³-hybridized carbons (Fsp3) is 0.125. The smallest absolute Gasteiger partial charge is 0.186 e. The second-order valence-corrected chi connectivity index (χ2v) is 4.68. The zero-order valence-electron chi connectivity index (χ0n) is 11.8. The molecule has 0 atom stereocenters. The van der Waals surface area contributed by atoms with Crippen LogP contribution in [0.3, 0.4) is 0 Å². The highest BCUT2D eigenvalue weighted by molar-refractivity contribution is 5.70. The largest absolute Gasteiger partial charge is 0.350 e. The van der Waals surface area contributed by atoms with Gasteiger partial charge in [0.15, 0.2) is 17.5 Å². The quantitative estimate of drug-likeness (QED) is 0.845. The van der Waals surface area contributed by atoms with E-state index in [-0.39, 0.29) is 0 Å². The summed E-state index contributed by atoms with van der Waals surface area (Å²) in [6, 6.07) is 7.90. The third-order valence-electron chi connectivity index (χ3n) is 3.28. The van der Waals surface area contributed by atoms with Crippen LogP contribution >= 0.6 is 0 Å². The van der Waals surface area contributed by atoms with Crippen LogP contribution in [0.4, 0.5) is 24.5 Å². The number of aryl methyl sites for hydroxylation is 2. The summed E-state index contributed by atoms with van der Waals surface area (Å²) in [4.78, 5) is 0. The van der Waals surface area contributed by atoms with Crippen LogP contribution in [0.15, 0.2) is 18.2 Å². The van der Waals surface area contributed by atoms with E-state index in [1.807, 2.05) is 0 Å². The van der Waals surface area contributed by atoms with Gasteiger partial charge in [-0.15, -0.1) is 0 Å². The van der Waals surface area contributed by atoms with E-state index in [1.165, 1.54) is 12.1 Å². The highest BCUT2D eigenvalue weighted by Gasteiger charge is 2.25. The van der Waals surface area contributed by atoms with Crippen LogP contribution in [0.1, 0.15) is 22.3 Å². The number of benzene rings is 2. The average molecular weight is 301 g/mol. The van der Waals surface area contributed by atoms with Crippen LogP contribution in [-0.2, 0) is 0 Å². The first-order valence-corrected chi connectivity index (χ1v) is 6.26. The molecule has 0 heterocycles. The monoisotopic (exact) mass is 301 g/mol. The van der Waals surface area contributed by atoms with Gasteiger partial charge in [0.2, 0.25) is 0 Å². The fourth-order valence-electron chi connectivity index (χ4n) is 2.12. The van der Waals surface area contributed by atoms with Gasteiger partial charge in [-0.25, -0.2) is 13.2 Å². The lowest BCUT2D eigenvalue weighted by Crippen LogP contribution is -2.07. The van der Waals surface area contributed by atoms with Gasteiger partial charge in [-0.2, -0.15) is 10.5 Å². The van der Waals surface area contributed by atoms with Gasteiger partial charge < -0.3 is 5.32 Å². The summed E-state index contributed by atoms with van der Waals surface area (Å²) in [6.07, 6.45) is 0. The molecule has 0 spiro atoms. The maximum atomic E-state index is 14.3. The molecule has 0 unspecified atom stereocenters. The van der Waals surface area contributed by atoms with Gasteiger partial charge in [-0.1, -0.05) is 18.2 Å². The minimum atomic E-state index is -1.55. The number of nitrogens with one attached hydrogen (secondary N) is 1. The van der Waals surface area contributed by atoms with Crippen LogP contribution in [0.2, 0.25) is 0 Å². The van der Waals surface area contributed by atoms with Crippen LogP contribution in [0, 0.1) is 54.0 Å². The number of hydrogen-bond donors (Lipinski definition) is 1. The van der Waals surface area contributed by atoms with Crippen molar-refractivity contribution >= 4 is 11.4 Å². The molecule has 1 N–H and O–H groups in total. The molecule has 2 aromatic carbocycles. The van der Waals surface area contributed by atoms with Gasteiger partial charge in [0.25, 0.3) is 0 Å². The zero-order valence-corrected chi connectivity index (χ0v) is 11.8. The number of anilines is 2. The molecule has 0 fully saturated rings. The van der Waals surface area contributed by atoms with Crippen LogP contribution in [0.25, 0.3) is 0 Å². The van der Waals surface area contributed by atoms with Crippen molar-refractivity contribution in [2.75, 3.05) is 5.32 Å². The molecule has 0 aliphatic carbocycles. The predicted octanol–water partition coefficient (Wildman–Crippen LogP) is 4.21. The Balaban J connectivity index is 2.71. The minimum absolute atomic E-state index is 0.410. The van der Waals surface area contributed by atoms with E-state index >= 15 is 0 Å². The Hall–Kier alpha value is -2.99. The van der Waals surface area contributed by atoms with E-state index in [4.69, 9.17) is 10.5 Å². The van der Waals surface area contributed by atoms with Gasteiger partial charge >= 0.3 is 0 Å². The molecule has 6 heteroatoms. The molecule has 0 aromatic heterocycles. The van der Waals surface area contributed by atoms with Crippen molar-refractivity contribution in [3.05, 3.63) is 57.9 Å². The molecule has 0 amide bonds. The third-order valence-corrected chi connectivity index (χ3v) is 3.28. The van der Waals surface area contributed by atoms with Crippen LogP contribution in [-0.4, -0.2) is 0 Å². The van der Waals surface area contributed by atoms with Gasteiger partial charge in [0.05, 0.1) is 0 Å². The van der Waals surface area contributed by atoms with Crippen molar-refractivity contribution in [1.29, 1.82) is 10.5 Å². The topological polar surface area (TPSA) is 59.6 Å². The zero-order chi connectivity index (χ0) is 16.4. The van der Waals surface area contributed by atoms with E-state index in [0.29, 0.717) is 16.8 Å². The van der Waals surface area contributed by atoms with Gasteiger partial charge in [0.1, 0.15) is 29.0 Å². The van der Waals surface area contributed by atoms with Crippen LogP contribution in [0.5, 0.6) is 0 Å². The van der Waals surface area contributed by atoms with Crippen molar-refractivity contribution < 1.29 is 13.2 Å². The van der Waals surface area contributed by atoms with E-state index in [9.17, 15) is 13.2 Å². The second-order valence-electron chi connectivity index (χ2n) is 4.68. The summed E-state index contributed by atoms with van der Waals surface area (Å²) in [5, 5.41) is 20.1. The Kier molecular flexibility index (Phi) is 4.05. The number of nitriles is 2. The van der Waals surface area contributed by atoms with Gasteiger partial charge in [-0.05, 0) is 25.0 Å². The van der Waals surface area contributed by atoms with Crippen molar-refractivity contribution in [2.24, 2.45) is 0 Å². The Labute approximate surface area is 125 Å². The molecule has 0 saturated carbocycles. The molecule has 0 bridgehead atoms. The average Bonchev–Trinajstić information content (AvgIpc) is 2.49. The Morgan fingerprint density at radius 3 is 1.82 bits per heavy atom. The number of para-hydroxylation sites is 1. The lowest BCUT2D eigenvalue weighted by Gasteiger charge is -2.15. The first-order chi connectivity index (χ1) is 10.4. The second kappa shape index (κ2) is 5.79. The van der Waals surface area contributed by atoms with E-state index < -0.39 is 34.3 Å². The summed E-state index contributed by atoms with van der Waals surface area (Å²) < 4.78 is 42.1. The Bertz CT molecular complexity index is 825. The highest BCUT2D eigenvalue weighted by Crippen LogP contribution is 2.32. The Morgan fingerprint density at radius 2 is 1.32 bits per heavy atom. The number of halogens is 3. The molecule has 0 aliphatic rings. The number of rotatable bonds is 2. The summed E-state index contributed by atoms with van der Waals surface area (Å²) in [7, 11) is 0. The Morgan fingerprint density at radius 1 is 0.818 bits per heavy atom. The molecule has 0 aliphatic heterocycles. The lowest BCUT2D eigenvalue weighted by atomic mass is 10.0. The third kappa shape index (κ3) is 2.36. The predicted molar refractivity (Wildman–Crippen MR) is 74.9 cm³/mol. The lowest BCUT2D eigenvalue weighted by molar-refractivity contribution is 0.496. The molecule has 0 radical (unpaired) electrons. The normalized spacial score (nSPS) is 9.95. The van der Waals surface area contributed by atoms with Crippen molar-refractivity contribution in [3.63, 3.8) is 0 Å². The maximum absolute atomic E-state index is 14.3. The SMILES string of the molecule is Cc1cccc(C)c1Nc1c(F)c(F)c(C#N)c(C#N)c1F. The molecular formula is C16H10F3N3. The summed E-state index contributed by atoms with van der Waals surface area (Å²) in [6.45, 7) is 3.44. The summed E-state index contributed by atoms with van der Waals surface area (Å²) in [5.41, 5.74) is -0.748. The number of hydrogen-bond acceptors (Lipinski definition) is 3. The van der Waals surface area contributed by atoms with E-state index in [0.717, 1.165) is 0 Å². The minimum Gasteiger partial charge on any atom is -0.350 e. The standard InChI is InChI=1S/C16H10F3N3/c1-8-4-3-5-9(2)15(8)22-16-13(18)11(7-21)10(6-20)12(17)14(16)19/h3-5,22H,1-2H3. The van der Waals surface area contributed by atoms with Gasteiger partial charge in [-0.3, -0.25) is 0 Å². The highest BCUT2D eigenvalue weighted by atomic mass is 19.2. The first-order valence-electron chi connectivity index (χ1n) is 6.26. The number of nitrogens with zero attached hydrogens (tertiary/aromatic N) is 2. The molecule has 2 rings (SSSR count). The molecule has 2 aromatic rings. The first kappa shape index (κ1) is 15.4. The summed E-state index contributed by atoms with van der Waals surface area (Å²) in [5.74, 6) is -4.37.